The van der Waals surface area contributed by atoms with Crippen LogP contribution in [-0.2, 0) is 53.8 Å². The fraction of sp³-hybridized carbons (Fsp3) is 0.339. The van der Waals surface area contributed by atoms with Crippen LogP contribution in [-0.4, -0.2) is 19.9 Å². The third-order valence-corrected chi connectivity index (χ3v) is 27.6. The molecule has 0 amide bonds. The fourth-order valence-electron chi connectivity index (χ4n) is 20.7. The van der Waals surface area contributed by atoms with Crippen molar-refractivity contribution in [1.82, 2.24) is 19.9 Å². The molecule has 3 aliphatic rings. The predicted molar refractivity (Wildman–Crippen MR) is 525 cm³/mol. The SMILES string of the molecule is CCCCCCC1(CCCCCC)c2cc(Br)ccc2-c2ccc(-c3cc(-c4[c-]cccc4)nc(-c4cc5ccccc5cn4)c3)cc21.CCCCCCC1(CCCCCC)c2ccccc2-c2ccc(-c3ccc4c(c3)C(CCCCCC)(CCCCCC)c3cc(-c5cc(-c6[c-]cccc6)nc(-c6cc7ccccc7cn6)c5)ccc3-4)cc21.[Cl][Pt+].[Cl][Pt+]. The van der Waals surface area contributed by atoms with Gasteiger partial charge in [-0.25, -0.2) is 0 Å². The Morgan fingerprint density at radius 2 is 0.548 bits per heavy atom. The number of pyridine rings is 4. The number of unbranched alkanes of at least 4 members (excludes halogenated alkanes) is 18. The van der Waals surface area contributed by atoms with Gasteiger partial charge in [0.15, 0.2) is 0 Å². The minimum atomic E-state index is -0.0841. The second-order valence-electron chi connectivity index (χ2n) is 35.0. The van der Waals surface area contributed by atoms with Crippen LogP contribution in [0.25, 0.3) is 134 Å². The molecule has 0 atom stereocenters. The molecule has 4 aromatic heterocycles. The van der Waals surface area contributed by atoms with Gasteiger partial charge in [-0.1, -0.05) is 351 Å². The molecule has 642 valence electrons. The second-order valence-corrected chi connectivity index (χ2v) is 35.9. The van der Waals surface area contributed by atoms with E-state index in [2.05, 4.69) is 313 Å². The Kier molecular flexibility index (Phi) is 33.3. The molecule has 17 rings (SSSR count). The number of hydrogen-bond donors (Lipinski definition) is 0. The van der Waals surface area contributed by atoms with Crippen molar-refractivity contribution in [2.75, 3.05) is 0 Å². The number of fused-ring (bicyclic) bond motifs is 11. The Morgan fingerprint density at radius 1 is 0.258 bits per heavy atom. The van der Waals surface area contributed by atoms with Gasteiger partial charge in [-0.05, 0) is 221 Å². The van der Waals surface area contributed by atoms with Gasteiger partial charge in [0.2, 0.25) is 0 Å². The van der Waals surface area contributed by atoms with Crippen molar-refractivity contribution in [2.45, 2.75) is 250 Å². The quantitative estimate of drug-likeness (QED) is 0.0288. The van der Waals surface area contributed by atoms with E-state index in [1.165, 1.54) is 273 Å². The monoisotopic (exact) mass is 2100 g/mol. The maximum absolute atomic E-state index is 5.29. The molecule has 124 heavy (non-hydrogen) atoms. The Hall–Kier alpha value is -8.24. The van der Waals surface area contributed by atoms with Gasteiger partial charge in [-0.3, -0.25) is 19.9 Å². The predicted octanol–water partition coefficient (Wildman–Crippen LogP) is 35.3. The summed E-state index contributed by atoms with van der Waals surface area (Å²) in [6.07, 6.45) is 41.7. The Balaban J connectivity index is 0.000000209. The molecule has 0 spiro atoms. The van der Waals surface area contributed by atoms with Gasteiger partial charge < -0.3 is 0 Å². The van der Waals surface area contributed by atoms with Gasteiger partial charge >= 0.3 is 56.4 Å². The summed E-state index contributed by atoms with van der Waals surface area (Å²) in [6, 6.07) is 99.9. The number of halogens is 3. The first-order chi connectivity index (χ1) is 61.1. The molecule has 4 nitrogen and oxygen atoms in total. The number of benzene rings is 10. The van der Waals surface area contributed by atoms with Gasteiger partial charge in [0.25, 0.3) is 0 Å². The summed E-state index contributed by atoms with van der Waals surface area (Å²) in [7, 11) is 9.22. The van der Waals surface area contributed by atoms with Crippen molar-refractivity contribution >= 4 is 56.3 Å². The molecule has 3 aliphatic carbocycles. The van der Waals surface area contributed by atoms with E-state index >= 15 is 0 Å². The number of rotatable bonds is 37. The van der Waals surface area contributed by atoms with Crippen molar-refractivity contribution in [1.29, 1.82) is 0 Å². The number of hydrogen-bond acceptors (Lipinski definition) is 4. The fourth-order valence-corrected chi connectivity index (χ4v) is 21.1. The summed E-state index contributed by atoms with van der Waals surface area (Å²) >= 11 is 7.08. The molecule has 0 N–H and O–H groups in total. The van der Waals surface area contributed by atoms with E-state index in [0.29, 0.717) is 0 Å². The first-order valence-corrected chi connectivity index (χ1v) is 52.9. The van der Waals surface area contributed by atoms with Gasteiger partial charge in [0.1, 0.15) is 0 Å². The summed E-state index contributed by atoms with van der Waals surface area (Å²) < 4.78 is 1.17. The van der Waals surface area contributed by atoms with E-state index in [-0.39, 0.29) is 16.2 Å². The van der Waals surface area contributed by atoms with Crippen LogP contribution in [0.5, 0.6) is 0 Å². The maximum atomic E-state index is 5.29. The Morgan fingerprint density at radius 3 is 0.895 bits per heavy atom. The molecule has 0 fully saturated rings. The molecule has 0 bridgehead atoms. The standard InChI is InChI=1S/C70H77N2.C45H44BrN2.2ClH.2Pt/c1-5-9-13-24-40-69(41-25-14-10-6-2)62-33-23-22-32-58(62)59-37-34-53(44-63(59)69)54-35-38-60-61-39-36-55(46-65(61)70(64(60)45-54,42-26-15-11-7-3)43-27-16-12-8-4)57-48-66(51-28-18-17-19-29-51)72-68(49-57)67-47-52-30-20-21-31-56(52)50-71-67;1-3-5-7-14-24-45(25-15-8-6-4-2)40-26-34(20-22-38(40)39-23-21-37(46)30-41(39)45)36-28-42(32-16-10-9-11-17-32)48-44(29-36)43-27-33-18-12-13-19-35(33)31-47-43;;;;/h17-23,28,30-39,44-50H,5-16,24-27,40-43H2,1-4H3;9-13,16,18-23,26-31H,3-8,14-15,24-25H2,1-2H3;2*1H;;/q2*-1;;;2*+2/p-2. The van der Waals surface area contributed by atoms with E-state index < -0.39 is 0 Å². The molecule has 10 aromatic carbocycles. The summed E-state index contributed by atoms with van der Waals surface area (Å²) in [4.78, 5) is 20.3. The van der Waals surface area contributed by atoms with Crippen molar-refractivity contribution in [3.05, 3.63) is 311 Å². The topological polar surface area (TPSA) is 51.6 Å². The normalized spacial score (nSPS) is 13.2. The zero-order valence-corrected chi connectivity index (χ0v) is 81.2. The summed E-state index contributed by atoms with van der Waals surface area (Å²) in [6.45, 7) is 14.0. The Bertz CT molecular complexity index is 5830. The second kappa shape index (κ2) is 45.0. The summed E-state index contributed by atoms with van der Waals surface area (Å²) in [5, 5.41) is 4.60. The average Bonchev–Trinajstić information content (AvgIpc) is 1.57. The van der Waals surface area contributed by atoms with Crippen molar-refractivity contribution in [3.63, 3.8) is 0 Å². The van der Waals surface area contributed by atoms with E-state index in [9.17, 15) is 0 Å². The van der Waals surface area contributed by atoms with Crippen LogP contribution in [0.15, 0.2) is 266 Å². The van der Waals surface area contributed by atoms with Crippen LogP contribution in [0.4, 0.5) is 0 Å². The van der Waals surface area contributed by atoms with Crippen LogP contribution in [0.2, 0.25) is 0 Å². The third-order valence-electron chi connectivity index (χ3n) is 27.1. The molecular weight excluding hydrogens is 1980 g/mol. The Labute approximate surface area is 780 Å². The van der Waals surface area contributed by atoms with Gasteiger partial charge in [0.05, 0.1) is 22.8 Å². The van der Waals surface area contributed by atoms with Crippen LogP contribution < -0.4 is 0 Å². The van der Waals surface area contributed by atoms with E-state index in [1.807, 2.05) is 36.7 Å². The average molecular weight is 2100 g/mol. The molecule has 9 heteroatoms. The first kappa shape index (κ1) is 92.0. The van der Waals surface area contributed by atoms with Crippen molar-refractivity contribution in [3.8, 4) is 112 Å². The number of nitrogens with zero attached hydrogens (tertiary/aromatic N) is 4. The molecule has 0 radical (unpaired) electrons. The molecular formula is C115H121BrCl2N4Pt2. The van der Waals surface area contributed by atoms with E-state index in [4.69, 9.17) is 19.9 Å². The van der Waals surface area contributed by atoms with E-state index in [0.717, 1.165) is 74.5 Å². The zero-order chi connectivity index (χ0) is 86.3. The molecule has 0 saturated carbocycles. The molecule has 0 aliphatic heterocycles. The zero-order valence-electron chi connectivity index (χ0n) is 73.6. The van der Waals surface area contributed by atoms with Gasteiger partial charge in [-0.15, -0.1) is 71.8 Å². The summed E-state index contributed by atoms with van der Waals surface area (Å²) in [5.41, 5.74) is 32.6. The van der Waals surface area contributed by atoms with Crippen LogP contribution in [0.3, 0.4) is 0 Å². The van der Waals surface area contributed by atoms with E-state index in [1.54, 1.807) is 54.2 Å². The molecule has 0 saturated heterocycles. The van der Waals surface area contributed by atoms with Crippen LogP contribution in [0, 0.1) is 12.1 Å². The first-order valence-electron chi connectivity index (χ1n) is 46.5. The third kappa shape index (κ3) is 20.5. The van der Waals surface area contributed by atoms with Crippen molar-refractivity contribution in [2.24, 2.45) is 0 Å². The minimum absolute atomic E-state index is 0.0116. The summed E-state index contributed by atoms with van der Waals surface area (Å²) in [5.74, 6) is 0. The molecule has 0 unspecified atom stereocenters. The van der Waals surface area contributed by atoms with Crippen LogP contribution in [0.1, 0.15) is 268 Å². The molecule has 4 heterocycles. The van der Waals surface area contributed by atoms with Crippen LogP contribution >= 0.6 is 34.8 Å². The number of aromatic nitrogens is 4. The van der Waals surface area contributed by atoms with Gasteiger partial charge in [-0.2, -0.15) is 0 Å². The molecule has 14 aromatic rings. The van der Waals surface area contributed by atoms with Crippen molar-refractivity contribution < 1.29 is 37.5 Å². The van der Waals surface area contributed by atoms with Gasteiger partial charge in [0, 0.05) is 43.9 Å².